The number of carbonyl (C=O) groups excluding carboxylic acids is 1. The lowest BCUT2D eigenvalue weighted by molar-refractivity contribution is -0.121. The van der Waals surface area contributed by atoms with Gasteiger partial charge in [0.05, 0.1) is 11.7 Å². The van der Waals surface area contributed by atoms with E-state index in [1.807, 2.05) is 24.1 Å². The number of amides is 1. The first-order valence-corrected chi connectivity index (χ1v) is 5.39. The summed E-state index contributed by atoms with van der Waals surface area (Å²) < 4.78 is 0. The van der Waals surface area contributed by atoms with Crippen molar-refractivity contribution in [2.75, 3.05) is 5.01 Å². The molecule has 0 aliphatic carbocycles. The van der Waals surface area contributed by atoms with Gasteiger partial charge in [0.15, 0.2) is 0 Å². The van der Waals surface area contributed by atoms with Crippen molar-refractivity contribution in [3.8, 4) is 0 Å². The Morgan fingerprint density at radius 2 is 2.27 bits per heavy atom. The molecule has 15 heavy (non-hydrogen) atoms. The highest BCUT2D eigenvalue weighted by Gasteiger charge is 2.26. The summed E-state index contributed by atoms with van der Waals surface area (Å²) in [6.45, 7) is 3.98. The van der Waals surface area contributed by atoms with Gasteiger partial charge in [-0.15, -0.1) is 0 Å². The first kappa shape index (κ1) is 10.0. The Balaban J connectivity index is 2.22. The van der Waals surface area contributed by atoms with Crippen LogP contribution in [0.2, 0.25) is 0 Å². The summed E-state index contributed by atoms with van der Waals surface area (Å²) in [6, 6.07) is 8.55. The molecule has 0 saturated heterocycles. The van der Waals surface area contributed by atoms with Crippen molar-refractivity contribution in [2.24, 2.45) is 0 Å². The quantitative estimate of drug-likeness (QED) is 0.797. The highest BCUT2D eigenvalue weighted by Crippen LogP contribution is 2.29. The number of para-hydroxylation sites is 1. The number of fused-ring (bicyclic) bond motifs is 1. The lowest BCUT2D eigenvalue weighted by Crippen LogP contribution is -2.45. The van der Waals surface area contributed by atoms with E-state index >= 15 is 0 Å². The van der Waals surface area contributed by atoms with Gasteiger partial charge >= 0.3 is 0 Å². The van der Waals surface area contributed by atoms with Crippen LogP contribution < -0.4 is 10.4 Å². The van der Waals surface area contributed by atoms with E-state index in [-0.39, 0.29) is 5.91 Å². The first-order chi connectivity index (χ1) is 7.22. The van der Waals surface area contributed by atoms with Crippen LogP contribution in [0.3, 0.4) is 0 Å². The van der Waals surface area contributed by atoms with Crippen molar-refractivity contribution < 1.29 is 4.79 Å². The van der Waals surface area contributed by atoms with Crippen LogP contribution >= 0.6 is 0 Å². The van der Waals surface area contributed by atoms with Gasteiger partial charge in [0, 0.05) is 6.42 Å². The van der Waals surface area contributed by atoms with E-state index in [1.54, 1.807) is 0 Å². The molecule has 1 atom stereocenters. The number of nitrogens with zero attached hydrogens (tertiary/aromatic N) is 1. The molecule has 2 rings (SSSR count). The van der Waals surface area contributed by atoms with Gasteiger partial charge in [-0.3, -0.25) is 15.2 Å². The summed E-state index contributed by atoms with van der Waals surface area (Å²) in [5, 5.41) is 1.97. The van der Waals surface area contributed by atoms with Gasteiger partial charge in [-0.25, -0.2) is 0 Å². The molecule has 1 aliphatic rings. The molecule has 0 fully saturated rings. The summed E-state index contributed by atoms with van der Waals surface area (Å²) in [5.74, 6) is 0.0681. The predicted octanol–water partition coefficient (Wildman–Crippen LogP) is 1.88. The number of hydrazine groups is 1. The standard InChI is InChI=1S/C12H16N2O/c1-3-12(15)13-14-9(2)8-10-6-4-5-7-11(10)14/h4-7,9H,3,8H2,1-2H3,(H,13,15)/t9-/m1/s1. The molecule has 0 aromatic heterocycles. The third-order valence-electron chi connectivity index (χ3n) is 2.77. The second-order valence-corrected chi connectivity index (χ2v) is 3.94. The number of carbonyl (C=O) groups is 1. The minimum absolute atomic E-state index is 0.0681. The van der Waals surface area contributed by atoms with E-state index in [4.69, 9.17) is 0 Å². The lowest BCUT2D eigenvalue weighted by Gasteiger charge is -2.25. The molecule has 1 aromatic carbocycles. The van der Waals surface area contributed by atoms with Crippen molar-refractivity contribution in [1.82, 2.24) is 5.43 Å². The maximum Gasteiger partial charge on any atom is 0.238 e. The van der Waals surface area contributed by atoms with Crippen molar-refractivity contribution >= 4 is 11.6 Å². The molecule has 1 aliphatic heterocycles. The Bertz CT molecular complexity index is 376. The van der Waals surface area contributed by atoms with Gasteiger partial charge < -0.3 is 0 Å². The highest BCUT2D eigenvalue weighted by molar-refractivity contribution is 5.78. The Labute approximate surface area is 90.1 Å². The SMILES string of the molecule is CCC(=O)NN1c2ccccc2C[C@H]1C. The maximum absolute atomic E-state index is 11.4. The van der Waals surface area contributed by atoms with E-state index in [0.717, 1.165) is 12.1 Å². The van der Waals surface area contributed by atoms with Crippen LogP contribution in [0, 0.1) is 0 Å². The van der Waals surface area contributed by atoms with Gasteiger partial charge in [0.2, 0.25) is 5.91 Å². The van der Waals surface area contributed by atoms with Crippen molar-refractivity contribution in [3.05, 3.63) is 29.8 Å². The molecule has 80 valence electrons. The molecule has 0 bridgehead atoms. The number of hydrogen-bond donors (Lipinski definition) is 1. The normalized spacial score (nSPS) is 18.8. The smallest absolute Gasteiger partial charge is 0.238 e. The fourth-order valence-corrected chi connectivity index (χ4v) is 1.95. The Morgan fingerprint density at radius 3 is 3.00 bits per heavy atom. The third kappa shape index (κ3) is 1.82. The zero-order valence-electron chi connectivity index (χ0n) is 9.16. The van der Waals surface area contributed by atoms with Gasteiger partial charge in [-0.2, -0.15) is 0 Å². The van der Waals surface area contributed by atoms with E-state index in [0.29, 0.717) is 12.5 Å². The maximum atomic E-state index is 11.4. The third-order valence-corrected chi connectivity index (χ3v) is 2.77. The van der Waals surface area contributed by atoms with Gasteiger partial charge in [-0.1, -0.05) is 25.1 Å². The predicted molar refractivity (Wildman–Crippen MR) is 60.5 cm³/mol. The molecule has 1 N–H and O–H groups in total. The largest absolute Gasteiger partial charge is 0.282 e. The van der Waals surface area contributed by atoms with Gasteiger partial charge in [-0.05, 0) is 25.0 Å². The molecular formula is C12H16N2O. The van der Waals surface area contributed by atoms with Crippen molar-refractivity contribution in [3.63, 3.8) is 0 Å². The molecule has 3 heteroatoms. The van der Waals surface area contributed by atoms with Crippen LogP contribution in [0.5, 0.6) is 0 Å². The molecule has 0 unspecified atom stereocenters. The fourth-order valence-electron chi connectivity index (χ4n) is 1.95. The second-order valence-electron chi connectivity index (χ2n) is 3.94. The molecule has 1 aromatic rings. The summed E-state index contributed by atoms with van der Waals surface area (Å²) in [6.07, 6.45) is 1.52. The van der Waals surface area contributed by atoms with Crippen molar-refractivity contribution in [2.45, 2.75) is 32.7 Å². The van der Waals surface area contributed by atoms with Crippen LogP contribution in [0.15, 0.2) is 24.3 Å². The summed E-state index contributed by atoms with van der Waals surface area (Å²) >= 11 is 0. The van der Waals surface area contributed by atoms with Crippen LogP contribution in [0.1, 0.15) is 25.8 Å². The minimum atomic E-state index is 0.0681. The fraction of sp³-hybridized carbons (Fsp3) is 0.417. The van der Waals surface area contributed by atoms with Gasteiger partial charge in [0.25, 0.3) is 0 Å². The summed E-state index contributed by atoms with van der Waals surface area (Å²) in [4.78, 5) is 11.4. The molecule has 0 saturated carbocycles. The zero-order valence-corrected chi connectivity index (χ0v) is 9.16. The zero-order chi connectivity index (χ0) is 10.8. The summed E-state index contributed by atoms with van der Waals surface area (Å²) in [7, 11) is 0. The monoisotopic (exact) mass is 204 g/mol. The lowest BCUT2D eigenvalue weighted by atomic mass is 10.1. The molecule has 3 nitrogen and oxygen atoms in total. The Hall–Kier alpha value is -1.51. The summed E-state index contributed by atoms with van der Waals surface area (Å²) in [5.41, 5.74) is 5.37. The molecule has 0 spiro atoms. The van der Waals surface area contributed by atoms with Gasteiger partial charge in [0.1, 0.15) is 0 Å². The van der Waals surface area contributed by atoms with Crippen LogP contribution in [0.4, 0.5) is 5.69 Å². The molecule has 1 heterocycles. The first-order valence-electron chi connectivity index (χ1n) is 5.39. The van der Waals surface area contributed by atoms with Crippen LogP contribution in [0.25, 0.3) is 0 Å². The Kier molecular flexibility index (Phi) is 2.62. The number of hydrogen-bond acceptors (Lipinski definition) is 2. The Morgan fingerprint density at radius 1 is 1.53 bits per heavy atom. The van der Waals surface area contributed by atoms with E-state index in [9.17, 15) is 4.79 Å². The van der Waals surface area contributed by atoms with E-state index in [1.165, 1.54) is 5.56 Å². The minimum Gasteiger partial charge on any atom is -0.282 e. The number of anilines is 1. The molecular weight excluding hydrogens is 188 g/mol. The topological polar surface area (TPSA) is 32.3 Å². The van der Waals surface area contributed by atoms with Crippen molar-refractivity contribution in [1.29, 1.82) is 0 Å². The highest BCUT2D eigenvalue weighted by atomic mass is 16.2. The van der Waals surface area contributed by atoms with E-state index in [2.05, 4.69) is 24.5 Å². The average molecular weight is 204 g/mol. The molecule has 1 amide bonds. The number of rotatable bonds is 2. The van der Waals surface area contributed by atoms with Crippen LogP contribution in [-0.2, 0) is 11.2 Å². The van der Waals surface area contributed by atoms with Crippen LogP contribution in [-0.4, -0.2) is 11.9 Å². The number of benzene rings is 1. The molecule has 0 radical (unpaired) electrons. The van der Waals surface area contributed by atoms with E-state index < -0.39 is 0 Å². The second kappa shape index (κ2) is 3.93. The number of nitrogens with one attached hydrogen (secondary N) is 1. The average Bonchev–Trinajstić information content (AvgIpc) is 2.55.